The monoisotopic (exact) mass is 496 g/mol. The zero-order chi connectivity index (χ0) is 24.4. The number of carbonyl (C=O) groups is 2. The predicted octanol–water partition coefficient (Wildman–Crippen LogP) is 5.46. The van der Waals surface area contributed by atoms with E-state index in [1.54, 1.807) is 0 Å². The smallest absolute Gasteiger partial charge is 0.409 e. The Morgan fingerprint density at radius 1 is 0.970 bits per heavy atom. The van der Waals surface area contributed by atoms with Gasteiger partial charge >= 0.3 is 18.4 Å². The number of rotatable bonds is 3. The van der Waals surface area contributed by atoms with Crippen LogP contribution in [0.2, 0.25) is 5.02 Å². The van der Waals surface area contributed by atoms with Crippen molar-refractivity contribution in [3.05, 3.63) is 58.1 Å². The lowest BCUT2D eigenvalue weighted by Gasteiger charge is -2.26. The van der Waals surface area contributed by atoms with Crippen LogP contribution in [0.5, 0.6) is 5.75 Å². The molecule has 1 saturated heterocycles. The molecule has 2 aromatic rings. The molecule has 1 heterocycles. The van der Waals surface area contributed by atoms with Gasteiger partial charge in [-0.15, -0.1) is 0 Å². The number of alkyl halides is 6. The van der Waals surface area contributed by atoms with Gasteiger partial charge in [-0.1, -0.05) is 11.6 Å². The van der Waals surface area contributed by atoms with Crippen molar-refractivity contribution >= 4 is 29.3 Å². The highest BCUT2D eigenvalue weighted by atomic mass is 35.5. The van der Waals surface area contributed by atoms with E-state index in [1.165, 1.54) is 11.0 Å². The van der Waals surface area contributed by atoms with Crippen molar-refractivity contribution < 1.29 is 45.4 Å². The van der Waals surface area contributed by atoms with Crippen molar-refractivity contribution in [2.45, 2.75) is 12.4 Å². The number of benzene rings is 2. The minimum atomic E-state index is -5.05. The first-order valence-corrected chi connectivity index (χ1v) is 9.68. The number of hydrogen-bond acceptors (Lipinski definition) is 4. The van der Waals surface area contributed by atoms with Gasteiger partial charge in [-0.3, -0.25) is 4.79 Å². The largest absolute Gasteiger partial charge is 0.418 e. The van der Waals surface area contributed by atoms with E-state index in [9.17, 15) is 35.9 Å². The Morgan fingerprint density at radius 2 is 1.64 bits per heavy atom. The summed E-state index contributed by atoms with van der Waals surface area (Å²) in [7, 11) is 0. The number of nitrogens with one attached hydrogen (secondary N) is 1. The van der Waals surface area contributed by atoms with Crippen LogP contribution in [0.15, 0.2) is 36.4 Å². The molecular weight excluding hydrogens is 482 g/mol. The number of morpholine rings is 1. The van der Waals surface area contributed by atoms with Crippen molar-refractivity contribution in [1.29, 1.82) is 0 Å². The lowest BCUT2D eigenvalue weighted by molar-refractivity contribution is -0.140. The summed E-state index contributed by atoms with van der Waals surface area (Å²) in [6.45, 7) is 0.956. The third-order valence-electron chi connectivity index (χ3n) is 4.55. The van der Waals surface area contributed by atoms with E-state index >= 15 is 0 Å². The van der Waals surface area contributed by atoms with Gasteiger partial charge in [-0.05, 0) is 36.4 Å². The SMILES string of the molecule is O=C(Nc1cc(C(F)(F)F)ccc1C(F)(F)F)c1cc(Cl)ccc1OC(=O)N1CCOCC1. The maximum absolute atomic E-state index is 13.3. The molecule has 0 aromatic heterocycles. The van der Waals surface area contributed by atoms with Gasteiger partial charge in [0.15, 0.2) is 0 Å². The molecule has 0 spiro atoms. The molecule has 0 unspecified atom stereocenters. The fraction of sp³-hybridized carbons (Fsp3) is 0.300. The Labute approximate surface area is 188 Å². The molecule has 1 fully saturated rings. The van der Waals surface area contributed by atoms with Crippen LogP contribution < -0.4 is 10.1 Å². The summed E-state index contributed by atoms with van der Waals surface area (Å²) in [4.78, 5) is 26.4. The number of carbonyl (C=O) groups excluding carboxylic acids is 2. The average Bonchev–Trinajstić information content (AvgIpc) is 2.74. The highest BCUT2D eigenvalue weighted by Gasteiger charge is 2.37. The molecule has 1 aliphatic rings. The summed E-state index contributed by atoms with van der Waals surface area (Å²) in [5.74, 6) is -1.60. The molecule has 3 rings (SSSR count). The second-order valence-corrected chi connectivity index (χ2v) is 7.25. The number of halogens is 7. The number of amides is 2. The molecular formula is C20H15ClF6N2O4. The minimum Gasteiger partial charge on any atom is -0.409 e. The number of hydrogen-bond donors (Lipinski definition) is 1. The van der Waals surface area contributed by atoms with E-state index in [4.69, 9.17) is 21.1 Å². The Balaban J connectivity index is 1.93. The highest BCUT2D eigenvalue weighted by molar-refractivity contribution is 6.31. The second-order valence-electron chi connectivity index (χ2n) is 6.82. The molecule has 0 radical (unpaired) electrons. The molecule has 0 saturated carbocycles. The topological polar surface area (TPSA) is 67.9 Å². The number of nitrogens with zero attached hydrogens (tertiary/aromatic N) is 1. The Hall–Kier alpha value is -2.99. The summed E-state index contributed by atoms with van der Waals surface area (Å²) in [6, 6.07) is 4.08. The predicted molar refractivity (Wildman–Crippen MR) is 104 cm³/mol. The third kappa shape index (κ3) is 6.08. The van der Waals surface area contributed by atoms with Gasteiger partial charge < -0.3 is 19.7 Å². The van der Waals surface area contributed by atoms with E-state index in [1.807, 2.05) is 5.32 Å². The lowest BCUT2D eigenvalue weighted by Crippen LogP contribution is -2.42. The first-order chi connectivity index (χ1) is 15.4. The molecule has 178 valence electrons. The van der Waals surface area contributed by atoms with Crippen LogP contribution in [0.4, 0.5) is 36.8 Å². The van der Waals surface area contributed by atoms with Crippen LogP contribution in [-0.2, 0) is 17.1 Å². The van der Waals surface area contributed by atoms with E-state index in [0.717, 1.165) is 12.1 Å². The molecule has 33 heavy (non-hydrogen) atoms. The average molecular weight is 497 g/mol. The zero-order valence-corrected chi connectivity index (χ0v) is 17.3. The molecule has 2 amide bonds. The lowest BCUT2D eigenvalue weighted by atomic mass is 10.1. The Morgan fingerprint density at radius 3 is 2.24 bits per heavy atom. The maximum atomic E-state index is 13.3. The van der Waals surface area contributed by atoms with Crippen molar-refractivity contribution in [2.24, 2.45) is 0 Å². The molecule has 0 atom stereocenters. The maximum Gasteiger partial charge on any atom is 0.418 e. The van der Waals surface area contributed by atoms with Crippen molar-refractivity contribution in [2.75, 3.05) is 31.6 Å². The van der Waals surface area contributed by atoms with Crippen LogP contribution in [0.3, 0.4) is 0 Å². The molecule has 0 aliphatic carbocycles. The Kier molecular flexibility index (Phi) is 7.08. The molecule has 6 nitrogen and oxygen atoms in total. The Bertz CT molecular complexity index is 1050. The van der Waals surface area contributed by atoms with Crippen molar-refractivity contribution in [3.63, 3.8) is 0 Å². The summed E-state index contributed by atoms with van der Waals surface area (Å²) in [5, 5.41) is 1.80. The molecule has 0 bridgehead atoms. The van der Waals surface area contributed by atoms with E-state index in [2.05, 4.69) is 0 Å². The number of ether oxygens (including phenoxy) is 2. The normalized spacial score (nSPS) is 14.7. The van der Waals surface area contributed by atoms with Crippen LogP contribution in [0, 0.1) is 0 Å². The summed E-state index contributed by atoms with van der Waals surface area (Å²) < 4.78 is 89.3. The van der Waals surface area contributed by atoms with Gasteiger partial charge in [-0.2, -0.15) is 26.3 Å². The summed E-state index contributed by atoms with van der Waals surface area (Å²) in [5.41, 5.74) is -4.45. The zero-order valence-electron chi connectivity index (χ0n) is 16.5. The van der Waals surface area contributed by atoms with E-state index < -0.39 is 46.7 Å². The van der Waals surface area contributed by atoms with Crippen LogP contribution >= 0.6 is 11.6 Å². The fourth-order valence-electron chi connectivity index (χ4n) is 2.93. The van der Waals surface area contributed by atoms with Gasteiger partial charge in [-0.25, -0.2) is 4.79 Å². The van der Waals surface area contributed by atoms with E-state index in [0.29, 0.717) is 0 Å². The van der Waals surface area contributed by atoms with Crippen LogP contribution in [0.25, 0.3) is 0 Å². The molecule has 1 N–H and O–H groups in total. The van der Waals surface area contributed by atoms with Gasteiger partial charge in [0.1, 0.15) is 5.75 Å². The van der Waals surface area contributed by atoms with E-state index in [-0.39, 0.29) is 55.3 Å². The standard InChI is InChI=1S/C20H15ClF6N2O4/c21-12-2-4-16(33-18(31)29-5-7-32-8-6-29)13(10-12)17(30)28-15-9-11(19(22,23)24)1-3-14(15)20(25,26)27/h1-4,9-10H,5-8H2,(H,28,30). The van der Waals surface area contributed by atoms with Crippen LogP contribution in [-0.4, -0.2) is 43.2 Å². The first kappa shape index (κ1) is 24.6. The van der Waals surface area contributed by atoms with Gasteiger partial charge in [0.2, 0.25) is 0 Å². The summed E-state index contributed by atoms with van der Waals surface area (Å²) in [6.07, 6.45) is -10.8. The molecule has 13 heteroatoms. The third-order valence-corrected chi connectivity index (χ3v) is 4.79. The quantitative estimate of drug-likeness (QED) is 0.573. The highest BCUT2D eigenvalue weighted by Crippen LogP contribution is 2.39. The molecule has 2 aromatic carbocycles. The minimum absolute atomic E-state index is 0.0218. The van der Waals surface area contributed by atoms with Crippen molar-refractivity contribution in [3.8, 4) is 5.75 Å². The van der Waals surface area contributed by atoms with Gasteiger partial charge in [0.05, 0.1) is 35.6 Å². The van der Waals surface area contributed by atoms with Crippen LogP contribution in [0.1, 0.15) is 21.5 Å². The first-order valence-electron chi connectivity index (χ1n) is 9.30. The van der Waals surface area contributed by atoms with Gasteiger partial charge in [0.25, 0.3) is 5.91 Å². The number of anilines is 1. The molecule has 1 aliphatic heterocycles. The van der Waals surface area contributed by atoms with Crippen molar-refractivity contribution in [1.82, 2.24) is 4.90 Å². The summed E-state index contributed by atoms with van der Waals surface area (Å²) >= 11 is 5.86. The van der Waals surface area contributed by atoms with Gasteiger partial charge in [0, 0.05) is 18.1 Å². The fourth-order valence-corrected chi connectivity index (χ4v) is 3.11. The second kappa shape index (κ2) is 9.48.